The molecule has 3 N–H and O–H groups in total. The van der Waals surface area contributed by atoms with Gasteiger partial charge in [0.25, 0.3) is 0 Å². The molecule has 1 amide bonds. The fourth-order valence-corrected chi connectivity index (χ4v) is 3.06. The molecule has 0 fully saturated rings. The van der Waals surface area contributed by atoms with Gasteiger partial charge in [-0.3, -0.25) is 4.79 Å². The van der Waals surface area contributed by atoms with Crippen LogP contribution in [0.15, 0.2) is 42.5 Å². The van der Waals surface area contributed by atoms with Crippen LogP contribution in [0.3, 0.4) is 0 Å². The maximum Gasteiger partial charge on any atom is 0.225 e. The minimum Gasteiger partial charge on any atom is -0.487 e. The normalized spacial score (nSPS) is 17.6. The van der Waals surface area contributed by atoms with Gasteiger partial charge >= 0.3 is 0 Å². The van der Waals surface area contributed by atoms with E-state index >= 15 is 0 Å². The Balaban J connectivity index is 0.00000225. The van der Waals surface area contributed by atoms with Gasteiger partial charge in [0, 0.05) is 17.7 Å². The summed E-state index contributed by atoms with van der Waals surface area (Å²) < 4.78 is 19.7. The zero-order chi connectivity index (χ0) is 17.3. The summed E-state index contributed by atoms with van der Waals surface area (Å²) in [5, 5.41) is 2.99. The number of rotatable bonds is 3. The highest BCUT2D eigenvalue weighted by molar-refractivity contribution is 5.85. The molecule has 25 heavy (non-hydrogen) atoms. The summed E-state index contributed by atoms with van der Waals surface area (Å²) >= 11 is 0. The van der Waals surface area contributed by atoms with Crippen molar-refractivity contribution in [2.24, 2.45) is 0 Å². The van der Waals surface area contributed by atoms with Gasteiger partial charge in [-0.15, -0.1) is 12.4 Å². The van der Waals surface area contributed by atoms with E-state index in [4.69, 9.17) is 10.5 Å². The predicted octanol–water partition coefficient (Wildman–Crippen LogP) is 3.79. The highest BCUT2D eigenvalue weighted by Crippen LogP contribution is 2.40. The molecule has 2 aromatic carbocycles. The highest BCUT2D eigenvalue weighted by atomic mass is 35.5. The van der Waals surface area contributed by atoms with Gasteiger partial charge in [-0.1, -0.05) is 18.2 Å². The van der Waals surface area contributed by atoms with E-state index in [9.17, 15) is 9.18 Å². The quantitative estimate of drug-likeness (QED) is 0.814. The number of carbonyl (C=O) groups excluding carboxylic acids is 1. The van der Waals surface area contributed by atoms with Crippen LogP contribution in [0.5, 0.6) is 5.75 Å². The van der Waals surface area contributed by atoms with Crippen LogP contribution in [-0.4, -0.2) is 11.5 Å². The van der Waals surface area contributed by atoms with E-state index in [-0.39, 0.29) is 36.6 Å². The number of halogens is 2. The number of ether oxygens (including phenoxy) is 1. The average molecular weight is 365 g/mol. The molecule has 0 aromatic heterocycles. The molecule has 3 rings (SSSR count). The molecule has 1 aliphatic rings. The van der Waals surface area contributed by atoms with Gasteiger partial charge in [0.15, 0.2) is 0 Å². The smallest absolute Gasteiger partial charge is 0.225 e. The van der Waals surface area contributed by atoms with Gasteiger partial charge in [-0.2, -0.15) is 0 Å². The first-order valence-electron chi connectivity index (χ1n) is 7.95. The molecule has 2 aromatic rings. The number of nitrogen functional groups attached to an aromatic ring is 1. The van der Waals surface area contributed by atoms with Crippen molar-refractivity contribution in [3.05, 3.63) is 59.4 Å². The first-order valence-corrected chi connectivity index (χ1v) is 7.95. The van der Waals surface area contributed by atoms with Crippen molar-refractivity contribution in [1.82, 2.24) is 5.32 Å². The van der Waals surface area contributed by atoms with Crippen LogP contribution in [0.4, 0.5) is 10.1 Å². The van der Waals surface area contributed by atoms with Crippen LogP contribution in [-0.2, 0) is 11.2 Å². The van der Waals surface area contributed by atoms with Crippen LogP contribution in [0.1, 0.15) is 37.4 Å². The van der Waals surface area contributed by atoms with Crippen LogP contribution in [0.2, 0.25) is 0 Å². The molecule has 0 aliphatic carbocycles. The number of hydrogen-bond donors (Lipinski definition) is 2. The third kappa shape index (κ3) is 4.42. The molecule has 6 heteroatoms. The van der Waals surface area contributed by atoms with E-state index < -0.39 is 5.60 Å². The van der Waals surface area contributed by atoms with Gasteiger partial charge < -0.3 is 15.8 Å². The second-order valence-corrected chi connectivity index (χ2v) is 6.75. The lowest BCUT2D eigenvalue weighted by Crippen LogP contribution is -2.41. The largest absolute Gasteiger partial charge is 0.487 e. The molecule has 0 spiro atoms. The number of anilines is 1. The average Bonchev–Trinajstić information content (AvgIpc) is 2.49. The monoisotopic (exact) mass is 364 g/mol. The predicted molar refractivity (Wildman–Crippen MR) is 98.4 cm³/mol. The standard InChI is InChI=1S/C19H21FN2O2.ClH/c1-19(2)11-16(14-10-13(21)7-8-17(14)24-19)22-18(23)9-12-5-3-4-6-15(12)20;/h3-8,10,16H,9,11,21H2,1-2H3,(H,22,23);1H. The Kier molecular flexibility index (Phi) is 5.58. The van der Waals surface area contributed by atoms with Crippen molar-refractivity contribution in [2.45, 2.75) is 38.3 Å². The summed E-state index contributed by atoms with van der Waals surface area (Å²) in [4.78, 5) is 12.4. The Morgan fingerprint density at radius 2 is 2.04 bits per heavy atom. The van der Waals surface area contributed by atoms with Crippen LogP contribution in [0, 0.1) is 5.82 Å². The lowest BCUT2D eigenvalue weighted by atomic mass is 9.89. The molecule has 0 saturated heterocycles. The molecular formula is C19H22ClFN2O2. The molecule has 0 saturated carbocycles. The number of hydrogen-bond acceptors (Lipinski definition) is 3. The highest BCUT2D eigenvalue weighted by Gasteiger charge is 2.34. The fraction of sp³-hybridized carbons (Fsp3) is 0.316. The molecule has 0 bridgehead atoms. The number of amides is 1. The molecule has 1 unspecified atom stereocenters. The van der Waals surface area contributed by atoms with E-state index in [1.165, 1.54) is 6.07 Å². The van der Waals surface area contributed by atoms with Gasteiger partial charge in [-0.25, -0.2) is 4.39 Å². The minimum atomic E-state index is -0.404. The van der Waals surface area contributed by atoms with E-state index in [1.54, 1.807) is 24.3 Å². The van der Waals surface area contributed by atoms with Crippen LogP contribution in [0.25, 0.3) is 0 Å². The third-order valence-electron chi connectivity index (χ3n) is 4.14. The summed E-state index contributed by atoms with van der Waals surface area (Å²) in [5.41, 5.74) is 7.32. The number of carbonyl (C=O) groups is 1. The molecule has 1 aliphatic heterocycles. The van der Waals surface area contributed by atoms with Crippen molar-refractivity contribution in [3.8, 4) is 5.75 Å². The van der Waals surface area contributed by atoms with Crippen molar-refractivity contribution in [2.75, 3.05) is 5.73 Å². The summed E-state index contributed by atoms with van der Waals surface area (Å²) in [6, 6.07) is 11.5. The second kappa shape index (κ2) is 7.31. The molecule has 1 atom stereocenters. The Bertz CT molecular complexity index is 780. The van der Waals surface area contributed by atoms with E-state index in [2.05, 4.69) is 5.32 Å². The first-order chi connectivity index (χ1) is 11.3. The second-order valence-electron chi connectivity index (χ2n) is 6.75. The van der Waals surface area contributed by atoms with Gasteiger partial charge in [0.05, 0.1) is 12.5 Å². The van der Waals surface area contributed by atoms with Crippen molar-refractivity contribution < 1.29 is 13.9 Å². The first kappa shape index (κ1) is 19.1. The SMILES string of the molecule is CC1(C)CC(NC(=O)Cc2ccccc2F)c2cc(N)ccc2O1.Cl. The van der Waals surface area contributed by atoms with Crippen molar-refractivity contribution >= 4 is 24.0 Å². The Morgan fingerprint density at radius 3 is 2.76 bits per heavy atom. The topological polar surface area (TPSA) is 64.4 Å². The third-order valence-corrected chi connectivity index (χ3v) is 4.14. The zero-order valence-electron chi connectivity index (χ0n) is 14.2. The summed E-state index contributed by atoms with van der Waals surface area (Å²) in [5.74, 6) is 0.123. The Morgan fingerprint density at radius 1 is 1.32 bits per heavy atom. The fourth-order valence-electron chi connectivity index (χ4n) is 3.06. The molecule has 134 valence electrons. The lowest BCUT2D eigenvalue weighted by Gasteiger charge is -2.38. The van der Waals surface area contributed by atoms with Crippen molar-refractivity contribution in [1.29, 1.82) is 0 Å². The van der Waals surface area contributed by atoms with Crippen LogP contribution < -0.4 is 15.8 Å². The summed E-state index contributed by atoms with van der Waals surface area (Å²) in [7, 11) is 0. The lowest BCUT2D eigenvalue weighted by molar-refractivity contribution is -0.121. The summed E-state index contributed by atoms with van der Waals surface area (Å²) in [6.07, 6.45) is 0.620. The summed E-state index contributed by atoms with van der Waals surface area (Å²) in [6.45, 7) is 3.95. The van der Waals surface area contributed by atoms with Gasteiger partial charge in [0.2, 0.25) is 5.91 Å². The minimum absolute atomic E-state index is 0. The maximum absolute atomic E-state index is 13.7. The van der Waals surface area contributed by atoms with E-state index in [0.717, 1.165) is 11.3 Å². The number of fused-ring (bicyclic) bond motifs is 1. The maximum atomic E-state index is 13.7. The zero-order valence-corrected chi connectivity index (χ0v) is 15.0. The van der Waals surface area contributed by atoms with E-state index in [0.29, 0.717) is 17.7 Å². The van der Waals surface area contributed by atoms with Crippen molar-refractivity contribution in [3.63, 3.8) is 0 Å². The van der Waals surface area contributed by atoms with Crippen LogP contribution >= 0.6 is 12.4 Å². The van der Waals surface area contributed by atoms with Gasteiger partial charge in [-0.05, 0) is 43.7 Å². The number of nitrogens with one attached hydrogen (secondary N) is 1. The molecular weight excluding hydrogens is 343 g/mol. The molecule has 4 nitrogen and oxygen atoms in total. The molecule has 0 radical (unpaired) electrons. The molecule has 1 heterocycles. The Hall–Kier alpha value is -2.27. The van der Waals surface area contributed by atoms with E-state index in [1.807, 2.05) is 26.0 Å². The van der Waals surface area contributed by atoms with Gasteiger partial charge in [0.1, 0.15) is 17.2 Å². The Labute approximate surface area is 153 Å². The number of nitrogens with two attached hydrogens (primary N) is 1. The number of benzene rings is 2.